The number of likely N-dealkylation sites (N-methyl/N-ethyl adjacent to an activating group) is 1. The molecular weight excluding hydrogens is 292 g/mol. The maximum atomic E-state index is 12.0. The van der Waals surface area contributed by atoms with Gasteiger partial charge in [0.1, 0.15) is 0 Å². The topological polar surface area (TPSA) is 87.5 Å². The Kier molecular flexibility index (Phi) is 7.48. The Balaban J connectivity index is 2.46. The van der Waals surface area contributed by atoms with Crippen molar-refractivity contribution in [1.82, 2.24) is 15.5 Å². The minimum atomic E-state index is -0.574. The van der Waals surface area contributed by atoms with Crippen LogP contribution in [0, 0.1) is 11.8 Å². The van der Waals surface area contributed by atoms with Crippen LogP contribution in [-0.2, 0) is 9.59 Å². The lowest BCUT2D eigenvalue weighted by Crippen LogP contribution is -2.56. The van der Waals surface area contributed by atoms with Crippen LogP contribution in [0.3, 0.4) is 0 Å². The third kappa shape index (κ3) is 5.77. The van der Waals surface area contributed by atoms with Gasteiger partial charge in [0.2, 0.25) is 11.8 Å². The molecule has 23 heavy (non-hydrogen) atoms. The zero-order valence-corrected chi connectivity index (χ0v) is 15.3. The van der Waals surface area contributed by atoms with Crippen molar-refractivity contribution in [3.8, 4) is 0 Å². The van der Waals surface area contributed by atoms with Gasteiger partial charge in [-0.05, 0) is 38.8 Å². The maximum Gasteiger partial charge on any atom is 0.239 e. The summed E-state index contributed by atoms with van der Waals surface area (Å²) in [5.41, 5.74) is 5.78. The van der Waals surface area contributed by atoms with E-state index in [0.29, 0.717) is 12.5 Å². The lowest BCUT2D eigenvalue weighted by atomic mass is 9.75. The molecule has 0 spiro atoms. The SMILES string of the molecule is CC1CCCC(CNC(=O)CNC(=O)[C@@H](N)C(C)C)(N(C)C)C1. The van der Waals surface area contributed by atoms with Crippen molar-refractivity contribution >= 4 is 11.8 Å². The van der Waals surface area contributed by atoms with Crippen molar-refractivity contribution in [3.05, 3.63) is 0 Å². The molecule has 2 unspecified atom stereocenters. The van der Waals surface area contributed by atoms with Crippen molar-refractivity contribution in [2.45, 2.75) is 58.0 Å². The number of amides is 2. The molecule has 1 rings (SSSR count). The molecule has 2 amide bonds. The van der Waals surface area contributed by atoms with Gasteiger partial charge in [0.25, 0.3) is 0 Å². The van der Waals surface area contributed by atoms with E-state index in [1.54, 1.807) is 0 Å². The summed E-state index contributed by atoms with van der Waals surface area (Å²) >= 11 is 0. The van der Waals surface area contributed by atoms with E-state index in [2.05, 4.69) is 36.6 Å². The molecule has 6 heteroatoms. The Morgan fingerprint density at radius 2 is 1.96 bits per heavy atom. The third-order valence-electron chi connectivity index (χ3n) is 5.07. The van der Waals surface area contributed by atoms with Gasteiger partial charge in [-0.25, -0.2) is 0 Å². The van der Waals surface area contributed by atoms with E-state index in [0.717, 1.165) is 12.8 Å². The van der Waals surface area contributed by atoms with Gasteiger partial charge >= 0.3 is 0 Å². The van der Waals surface area contributed by atoms with Crippen LogP contribution in [0.2, 0.25) is 0 Å². The van der Waals surface area contributed by atoms with Gasteiger partial charge < -0.3 is 21.3 Å². The molecule has 6 nitrogen and oxygen atoms in total. The zero-order valence-electron chi connectivity index (χ0n) is 15.3. The van der Waals surface area contributed by atoms with Gasteiger partial charge in [-0.15, -0.1) is 0 Å². The summed E-state index contributed by atoms with van der Waals surface area (Å²) in [5.74, 6) is 0.295. The van der Waals surface area contributed by atoms with Gasteiger partial charge in [-0.2, -0.15) is 0 Å². The molecule has 1 aliphatic rings. The third-order valence-corrected chi connectivity index (χ3v) is 5.07. The van der Waals surface area contributed by atoms with Crippen LogP contribution in [0.1, 0.15) is 46.5 Å². The Morgan fingerprint density at radius 3 is 2.48 bits per heavy atom. The number of nitrogens with one attached hydrogen (secondary N) is 2. The van der Waals surface area contributed by atoms with Crippen molar-refractivity contribution in [1.29, 1.82) is 0 Å². The highest BCUT2D eigenvalue weighted by Crippen LogP contribution is 2.35. The lowest BCUT2D eigenvalue weighted by molar-refractivity contribution is -0.127. The largest absolute Gasteiger partial charge is 0.353 e. The predicted molar refractivity (Wildman–Crippen MR) is 92.9 cm³/mol. The second-order valence-electron chi connectivity index (χ2n) is 7.58. The Hall–Kier alpha value is -1.14. The normalized spacial score (nSPS) is 26.2. The second-order valence-corrected chi connectivity index (χ2v) is 7.58. The summed E-state index contributed by atoms with van der Waals surface area (Å²) in [7, 11) is 4.15. The van der Waals surface area contributed by atoms with Gasteiger partial charge in [0.05, 0.1) is 12.6 Å². The predicted octanol–water partition coefficient (Wildman–Crippen LogP) is 0.713. The first-order valence-electron chi connectivity index (χ1n) is 8.65. The van der Waals surface area contributed by atoms with E-state index in [4.69, 9.17) is 5.73 Å². The van der Waals surface area contributed by atoms with Crippen molar-refractivity contribution in [2.24, 2.45) is 17.6 Å². The molecule has 0 saturated heterocycles. The van der Waals surface area contributed by atoms with Crippen LogP contribution in [0.25, 0.3) is 0 Å². The maximum absolute atomic E-state index is 12.0. The Morgan fingerprint density at radius 1 is 1.30 bits per heavy atom. The van der Waals surface area contributed by atoms with Gasteiger partial charge in [-0.1, -0.05) is 33.6 Å². The minimum Gasteiger partial charge on any atom is -0.353 e. The number of rotatable bonds is 7. The Bertz CT molecular complexity index is 411. The first kappa shape index (κ1) is 19.9. The number of hydrogen-bond acceptors (Lipinski definition) is 4. The summed E-state index contributed by atoms with van der Waals surface area (Å²) in [5, 5.41) is 5.59. The highest BCUT2D eigenvalue weighted by Gasteiger charge is 2.37. The highest BCUT2D eigenvalue weighted by molar-refractivity contribution is 5.87. The van der Waals surface area contributed by atoms with Crippen LogP contribution >= 0.6 is 0 Å². The van der Waals surface area contributed by atoms with E-state index in [9.17, 15) is 9.59 Å². The second kappa shape index (κ2) is 8.64. The average molecular weight is 326 g/mol. The fourth-order valence-corrected chi connectivity index (χ4v) is 3.27. The van der Waals surface area contributed by atoms with Crippen LogP contribution in [0.5, 0.6) is 0 Å². The van der Waals surface area contributed by atoms with E-state index in [1.807, 2.05) is 13.8 Å². The van der Waals surface area contributed by atoms with Crippen molar-refractivity contribution in [3.63, 3.8) is 0 Å². The van der Waals surface area contributed by atoms with E-state index in [1.165, 1.54) is 12.8 Å². The monoisotopic (exact) mass is 326 g/mol. The molecular formula is C17H34N4O2. The van der Waals surface area contributed by atoms with Crippen molar-refractivity contribution < 1.29 is 9.59 Å². The van der Waals surface area contributed by atoms with Crippen LogP contribution < -0.4 is 16.4 Å². The number of carbonyl (C=O) groups is 2. The summed E-state index contributed by atoms with van der Waals surface area (Å²) in [6.07, 6.45) is 4.63. The fraction of sp³-hybridized carbons (Fsp3) is 0.882. The minimum absolute atomic E-state index is 0.0156. The molecule has 0 radical (unpaired) electrons. The van der Waals surface area contributed by atoms with Crippen LogP contribution in [0.15, 0.2) is 0 Å². The van der Waals surface area contributed by atoms with Gasteiger partial charge in [0, 0.05) is 12.1 Å². The van der Waals surface area contributed by atoms with E-state index < -0.39 is 6.04 Å². The number of carbonyl (C=O) groups excluding carboxylic acids is 2. The molecule has 1 fully saturated rings. The standard InChI is InChI=1S/C17H34N4O2/c1-12(2)15(18)16(23)19-10-14(22)20-11-17(21(4)5)8-6-7-13(3)9-17/h12-13,15H,6-11,18H2,1-5H3,(H,19,23)(H,20,22)/t13?,15-,17?/m0/s1. The Labute approximate surface area is 140 Å². The molecule has 0 aromatic carbocycles. The van der Waals surface area contributed by atoms with Crippen LogP contribution in [-0.4, -0.2) is 55.5 Å². The molecule has 134 valence electrons. The molecule has 3 atom stereocenters. The molecule has 0 heterocycles. The number of hydrogen-bond donors (Lipinski definition) is 3. The quantitative estimate of drug-likeness (QED) is 0.643. The molecule has 0 bridgehead atoms. The molecule has 4 N–H and O–H groups in total. The van der Waals surface area contributed by atoms with Crippen LogP contribution in [0.4, 0.5) is 0 Å². The molecule has 0 aromatic heterocycles. The zero-order chi connectivity index (χ0) is 17.6. The van der Waals surface area contributed by atoms with Gasteiger partial charge in [0.15, 0.2) is 0 Å². The first-order valence-corrected chi connectivity index (χ1v) is 8.65. The summed E-state index contributed by atoms with van der Waals surface area (Å²) in [4.78, 5) is 26.1. The first-order chi connectivity index (χ1) is 10.7. The molecule has 0 aromatic rings. The molecule has 0 aliphatic heterocycles. The van der Waals surface area contributed by atoms with Crippen molar-refractivity contribution in [2.75, 3.05) is 27.2 Å². The molecule has 1 aliphatic carbocycles. The summed E-state index contributed by atoms with van der Waals surface area (Å²) < 4.78 is 0. The summed E-state index contributed by atoms with van der Waals surface area (Å²) in [6, 6.07) is -0.574. The summed E-state index contributed by atoms with van der Waals surface area (Å²) in [6.45, 7) is 6.64. The fourth-order valence-electron chi connectivity index (χ4n) is 3.27. The molecule has 1 saturated carbocycles. The number of nitrogens with zero attached hydrogens (tertiary/aromatic N) is 1. The van der Waals surface area contributed by atoms with Gasteiger partial charge in [-0.3, -0.25) is 9.59 Å². The van der Waals surface area contributed by atoms with E-state index in [-0.39, 0.29) is 29.8 Å². The average Bonchev–Trinajstić information content (AvgIpc) is 2.49. The lowest BCUT2D eigenvalue weighted by Gasteiger charge is -2.45. The highest BCUT2D eigenvalue weighted by atomic mass is 16.2. The smallest absolute Gasteiger partial charge is 0.239 e. The number of nitrogens with two attached hydrogens (primary N) is 1. The van der Waals surface area contributed by atoms with E-state index >= 15 is 0 Å².